The van der Waals surface area contributed by atoms with Crippen molar-refractivity contribution in [2.45, 2.75) is 63.9 Å². The number of hydrogen-bond donors (Lipinski definition) is 2. The van der Waals surface area contributed by atoms with Gasteiger partial charge in [-0.2, -0.15) is 0 Å². The zero-order valence-electron chi connectivity index (χ0n) is 22.8. The Bertz CT molecular complexity index is 1710. The molecule has 0 amide bonds. The number of allylic oxidation sites excluding steroid dienone is 2. The number of pyridine rings is 1. The summed E-state index contributed by atoms with van der Waals surface area (Å²) in [5.74, 6) is 4.40. The Balaban J connectivity index is 1.11. The van der Waals surface area contributed by atoms with Gasteiger partial charge in [0.1, 0.15) is 5.60 Å². The molecule has 204 valence electrons. The normalized spacial score (nSPS) is 34.0. The molecule has 1 heterocycles. The number of terminal acetylenes is 1. The maximum atomic E-state index is 13.1. The van der Waals surface area contributed by atoms with Crippen LogP contribution in [0.5, 0.6) is 0 Å². The predicted molar refractivity (Wildman–Crippen MR) is 156 cm³/mol. The number of benzene rings is 2. The minimum Gasteiger partial charge on any atom is -0.377 e. The number of aliphatic hydroxyl groups is 1. The molecule has 0 spiro atoms. The molecule has 0 saturated heterocycles. The molecule has 3 fully saturated rings. The van der Waals surface area contributed by atoms with E-state index in [2.05, 4.69) is 29.1 Å². The van der Waals surface area contributed by atoms with Crippen molar-refractivity contribution in [3.63, 3.8) is 0 Å². The third-order valence-corrected chi connectivity index (χ3v) is 10.9. The van der Waals surface area contributed by atoms with Crippen LogP contribution in [0.4, 0.5) is 0 Å². The van der Waals surface area contributed by atoms with E-state index >= 15 is 0 Å². The molecule has 0 radical (unpaired) electrons. The fourth-order valence-electron chi connectivity index (χ4n) is 8.78. The van der Waals surface area contributed by atoms with Crippen LogP contribution in [0.3, 0.4) is 0 Å². The van der Waals surface area contributed by atoms with Gasteiger partial charge in [0.05, 0.1) is 16.8 Å². The summed E-state index contributed by atoms with van der Waals surface area (Å²) in [6.07, 6.45) is 15.7. The molecule has 6 nitrogen and oxygen atoms in total. The molecule has 40 heavy (non-hydrogen) atoms. The number of fused-ring (bicyclic) bond motifs is 7. The molecule has 2 aromatic carbocycles. The number of aromatic amines is 1. The van der Waals surface area contributed by atoms with E-state index in [0.29, 0.717) is 57.5 Å². The van der Waals surface area contributed by atoms with Gasteiger partial charge in [0.25, 0.3) is 0 Å². The molecule has 7 rings (SSSR count). The third-order valence-electron chi connectivity index (χ3n) is 10.9. The average Bonchev–Trinajstić information content (AvgIpc) is 3.26. The first kappa shape index (κ1) is 25.3. The number of nitrogens with one attached hydrogen (secondary N) is 1. The van der Waals surface area contributed by atoms with Crippen LogP contribution in [-0.2, 0) is 4.84 Å². The highest BCUT2D eigenvalue weighted by Gasteiger charge is 2.61. The first-order chi connectivity index (χ1) is 19.3. The first-order valence-corrected chi connectivity index (χ1v) is 14.6. The molecule has 3 saturated carbocycles. The van der Waals surface area contributed by atoms with Gasteiger partial charge in [0.15, 0.2) is 5.43 Å². The zero-order chi connectivity index (χ0) is 27.6. The summed E-state index contributed by atoms with van der Waals surface area (Å²) < 4.78 is 0. The molecule has 6 atom stereocenters. The standard InChI is InChI=1S/C34H34N2O4/c1-3-34(39)18-16-28-24-13-11-20-19-21(12-14-22(20)23(24)15-17-33(28,34)2)36-40-32(38)27-9-6-8-26-30(27)35-29-10-5-4-7-25(29)31(26)37/h1,4-10,19,22-24,28,39H,11-18H2,2H3,(H,35,37)/b36-21+/t22-,23+,24+,28-,33-,34-/m0/s1. The van der Waals surface area contributed by atoms with Crippen molar-refractivity contribution in [3.8, 4) is 12.3 Å². The van der Waals surface area contributed by atoms with Gasteiger partial charge in [0, 0.05) is 21.7 Å². The number of H-pyrrole nitrogens is 1. The summed E-state index contributed by atoms with van der Waals surface area (Å²) in [5.41, 5.74) is 2.36. The number of para-hydroxylation sites is 2. The fraction of sp³-hybridized carbons (Fsp3) is 0.441. The van der Waals surface area contributed by atoms with Gasteiger partial charge in [-0.15, -0.1) is 6.42 Å². The summed E-state index contributed by atoms with van der Waals surface area (Å²) in [5, 5.41) is 16.5. The van der Waals surface area contributed by atoms with E-state index in [0.717, 1.165) is 50.7 Å². The molecule has 3 aromatic rings. The maximum Gasteiger partial charge on any atom is 0.367 e. The van der Waals surface area contributed by atoms with E-state index in [1.165, 1.54) is 5.57 Å². The van der Waals surface area contributed by atoms with Crippen LogP contribution < -0.4 is 5.43 Å². The maximum absolute atomic E-state index is 13.1. The van der Waals surface area contributed by atoms with E-state index in [9.17, 15) is 14.7 Å². The van der Waals surface area contributed by atoms with Crippen molar-refractivity contribution in [1.29, 1.82) is 0 Å². The lowest BCUT2D eigenvalue weighted by Crippen LogP contribution is -2.52. The van der Waals surface area contributed by atoms with Crippen LogP contribution >= 0.6 is 0 Å². The fourth-order valence-corrected chi connectivity index (χ4v) is 8.78. The van der Waals surface area contributed by atoms with Crippen LogP contribution in [0.25, 0.3) is 21.8 Å². The van der Waals surface area contributed by atoms with Gasteiger partial charge < -0.3 is 14.9 Å². The van der Waals surface area contributed by atoms with Crippen LogP contribution in [0.2, 0.25) is 0 Å². The van der Waals surface area contributed by atoms with Crippen LogP contribution in [0.1, 0.15) is 68.6 Å². The highest BCUT2D eigenvalue weighted by molar-refractivity contribution is 6.06. The minimum absolute atomic E-state index is 0.117. The lowest BCUT2D eigenvalue weighted by molar-refractivity contribution is -0.0852. The average molecular weight is 535 g/mol. The molecule has 6 heteroatoms. The number of carbonyl (C=O) groups excluding carboxylic acids is 1. The topological polar surface area (TPSA) is 91.8 Å². The predicted octanol–water partition coefficient (Wildman–Crippen LogP) is 6.13. The summed E-state index contributed by atoms with van der Waals surface area (Å²) in [4.78, 5) is 34.8. The van der Waals surface area contributed by atoms with E-state index < -0.39 is 11.6 Å². The Hall–Kier alpha value is -3.69. The van der Waals surface area contributed by atoms with Crippen LogP contribution in [-0.4, -0.2) is 27.4 Å². The molecule has 0 aliphatic heterocycles. The van der Waals surface area contributed by atoms with E-state index in [4.69, 9.17) is 11.3 Å². The summed E-state index contributed by atoms with van der Waals surface area (Å²) in [6, 6.07) is 12.4. The molecular formula is C34H34N2O4. The van der Waals surface area contributed by atoms with Crippen molar-refractivity contribution in [1.82, 2.24) is 4.98 Å². The van der Waals surface area contributed by atoms with Crippen LogP contribution in [0, 0.1) is 41.4 Å². The number of carbonyl (C=O) groups is 1. The Morgan fingerprint density at radius 3 is 2.73 bits per heavy atom. The number of oxime groups is 1. The van der Waals surface area contributed by atoms with Gasteiger partial charge in [-0.05, 0) is 105 Å². The zero-order valence-corrected chi connectivity index (χ0v) is 22.8. The second-order valence-corrected chi connectivity index (χ2v) is 12.5. The summed E-state index contributed by atoms with van der Waals surface area (Å²) in [6.45, 7) is 2.22. The number of nitrogens with zero attached hydrogens (tertiary/aromatic N) is 1. The van der Waals surface area contributed by atoms with Crippen molar-refractivity contribution in [3.05, 3.63) is 69.9 Å². The number of hydrogen-bond acceptors (Lipinski definition) is 5. The second-order valence-electron chi connectivity index (χ2n) is 12.5. The smallest absolute Gasteiger partial charge is 0.367 e. The van der Waals surface area contributed by atoms with Crippen LogP contribution in [0.15, 0.2) is 64.1 Å². The number of aromatic nitrogens is 1. The molecule has 2 N–H and O–H groups in total. The molecule has 4 aliphatic carbocycles. The lowest BCUT2D eigenvalue weighted by atomic mass is 9.50. The van der Waals surface area contributed by atoms with E-state index in [1.54, 1.807) is 24.3 Å². The van der Waals surface area contributed by atoms with Gasteiger partial charge in [-0.1, -0.05) is 41.8 Å². The van der Waals surface area contributed by atoms with E-state index in [-0.39, 0.29) is 10.8 Å². The van der Waals surface area contributed by atoms with Gasteiger partial charge >= 0.3 is 5.97 Å². The van der Waals surface area contributed by atoms with Crippen molar-refractivity contribution < 1.29 is 14.7 Å². The van der Waals surface area contributed by atoms with Gasteiger partial charge in [0.2, 0.25) is 0 Å². The highest BCUT2D eigenvalue weighted by Crippen LogP contribution is 2.64. The first-order valence-electron chi connectivity index (χ1n) is 14.6. The monoisotopic (exact) mass is 534 g/mol. The quantitative estimate of drug-likeness (QED) is 0.179. The molecular weight excluding hydrogens is 500 g/mol. The van der Waals surface area contributed by atoms with E-state index in [1.807, 2.05) is 18.2 Å². The Morgan fingerprint density at radius 1 is 1.05 bits per heavy atom. The Labute approximate surface area is 233 Å². The molecule has 4 aliphatic rings. The summed E-state index contributed by atoms with van der Waals surface area (Å²) >= 11 is 0. The molecule has 0 bridgehead atoms. The van der Waals surface area contributed by atoms with Crippen molar-refractivity contribution in [2.75, 3.05) is 0 Å². The Kier molecular flexibility index (Phi) is 5.80. The second kappa shape index (κ2) is 9.17. The summed E-state index contributed by atoms with van der Waals surface area (Å²) in [7, 11) is 0. The van der Waals surface area contributed by atoms with Gasteiger partial charge in [-0.25, -0.2) is 4.79 Å². The largest absolute Gasteiger partial charge is 0.377 e. The highest BCUT2D eigenvalue weighted by atomic mass is 16.7. The third kappa shape index (κ3) is 3.64. The number of rotatable bonds is 2. The van der Waals surface area contributed by atoms with Gasteiger partial charge in [-0.3, -0.25) is 4.79 Å². The van der Waals surface area contributed by atoms with Crippen molar-refractivity contribution >= 4 is 33.5 Å². The lowest BCUT2D eigenvalue weighted by Gasteiger charge is -2.54. The minimum atomic E-state index is -0.973. The van der Waals surface area contributed by atoms with Crippen molar-refractivity contribution in [2.24, 2.45) is 34.2 Å². The molecule has 0 unspecified atom stereocenters. The molecule has 1 aromatic heterocycles. The SMILES string of the molecule is C#C[C@]1(O)CC[C@H]2[C@@H]3CCC4=C/C(=N/OC(=O)c5cccc6c(=O)c7ccccc7[nH]c56)CC[C@@H]4[C@H]3CC[C@@]21C. The Morgan fingerprint density at radius 2 is 1.88 bits per heavy atom.